The van der Waals surface area contributed by atoms with Crippen LogP contribution < -0.4 is 5.32 Å². The third-order valence-corrected chi connectivity index (χ3v) is 3.95. The minimum atomic E-state index is -0.0982. The van der Waals surface area contributed by atoms with Gasteiger partial charge in [0.1, 0.15) is 6.33 Å². The highest BCUT2D eigenvalue weighted by Gasteiger charge is 2.40. The van der Waals surface area contributed by atoms with Gasteiger partial charge in [-0.15, -0.1) is 0 Å². The van der Waals surface area contributed by atoms with Crippen molar-refractivity contribution in [1.29, 1.82) is 0 Å². The number of hydrogen-bond acceptors (Lipinski definition) is 4. The van der Waals surface area contributed by atoms with Crippen molar-refractivity contribution in [3.63, 3.8) is 0 Å². The average Bonchev–Trinajstić information content (AvgIpc) is 2.46. The summed E-state index contributed by atoms with van der Waals surface area (Å²) >= 11 is 0. The van der Waals surface area contributed by atoms with E-state index in [2.05, 4.69) is 22.2 Å². The molecule has 1 atom stereocenters. The van der Waals surface area contributed by atoms with Gasteiger partial charge in [0.2, 0.25) is 0 Å². The van der Waals surface area contributed by atoms with Crippen LogP contribution in [0.15, 0.2) is 18.7 Å². The first-order valence-electron chi connectivity index (χ1n) is 6.86. The summed E-state index contributed by atoms with van der Waals surface area (Å²) in [6.07, 6.45) is 11.4. The van der Waals surface area contributed by atoms with Gasteiger partial charge < -0.3 is 10.1 Å². The van der Waals surface area contributed by atoms with Gasteiger partial charge in [-0.3, -0.25) is 0 Å². The van der Waals surface area contributed by atoms with Crippen molar-refractivity contribution >= 4 is 0 Å². The van der Waals surface area contributed by atoms with Gasteiger partial charge in [-0.1, -0.05) is 26.2 Å². The van der Waals surface area contributed by atoms with Crippen LogP contribution in [-0.2, 0) is 4.74 Å². The standard InChI is InChI=1S/C14H23N3O/c1-3-17-13(12-9-15-11-16-10-12)14(18-2)7-5-4-6-8-14/h9-11,13,17H,3-8H2,1-2H3. The number of nitrogens with one attached hydrogen (secondary N) is 1. The largest absolute Gasteiger partial charge is 0.376 e. The maximum atomic E-state index is 5.93. The smallest absolute Gasteiger partial charge is 0.115 e. The minimum absolute atomic E-state index is 0.0982. The molecule has 1 fully saturated rings. The average molecular weight is 249 g/mol. The highest BCUT2D eigenvalue weighted by atomic mass is 16.5. The molecule has 100 valence electrons. The van der Waals surface area contributed by atoms with Crippen molar-refractivity contribution < 1.29 is 4.74 Å². The Bertz CT molecular complexity index is 349. The Labute approximate surface area is 109 Å². The molecule has 1 heterocycles. The Morgan fingerprint density at radius 1 is 1.28 bits per heavy atom. The van der Waals surface area contributed by atoms with E-state index >= 15 is 0 Å². The van der Waals surface area contributed by atoms with Crippen LogP contribution in [-0.4, -0.2) is 29.2 Å². The van der Waals surface area contributed by atoms with E-state index < -0.39 is 0 Å². The van der Waals surface area contributed by atoms with E-state index in [4.69, 9.17) is 4.74 Å². The molecule has 0 bridgehead atoms. The molecular formula is C14H23N3O. The monoisotopic (exact) mass is 249 g/mol. The summed E-state index contributed by atoms with van der Waals surface area (Å²) in [6, 6.07) is 0.189. The number of ether oxygens (including phenoxy) is 1. The summed E-state index contributed by atoms with van der Waals surface area (Å²) in [5, 5.41) is 3.56. The van der Waals surface area contributed by atoms with E-state index in [1.165, 1.54) is 19.3 Å². The van der Waals surface area contributed by atoms with E-state index in [1.54, 1.807) is 6.33 Å². The van der Waals surface area contributed by atoms with Gasteiger partial charge in [0, 0.05) is 25.1 Å². The third kappa shape index (κ3) is 2.70. The maximum absolute atomic E-state index is 5.93. The highest BCUT2D eigenvalue weighted by Crippen LogP contribution is 2.40. The number of methoxy groups -OCH3 is 1. The van der Waals surface area contributed by atoms with Crippen molar-refractivity contribution in [1.82, 2.24) is 15.3 Å². The predicted octanol–water partition coefficient (Wildman–Crippen LogP) is 2.48. The Morgan fingerprint density at radius 3 is 2.50 bits per heavy atom. The molecular weight excluding hydrogens is 226 g/mol. The van der Waals surface area contributed by atoms with Gasteiger partial charge in [0.15, 0.2) is 0 Å². The van der Waals surface area contributed by atoms with Crippen LogP contribution in [0.4, 0.5) is 0 Å². The van der Waals surface area contributed by atoms with Crippen LogP contribution in [0.1, 0.15) is 50.6 Å². The molecule has 0 saturated heterocycles. The first-order valence-corrected chi connectivity index (χ1v) is 6.86. The lowest BCUT2D eigenvalue weighted by molar-refractivity contribution is -0.0686. The normalized spacial score (nSPS) is 20.6. The van der Waals surface area contributed by atoms with Crippen molar-refractivity contribution in [3.8, 4) is 0 Å². The van der Waals surface area contributed by atoms with Crippen molar-refractivity contribution in [2.45, 2.75) is 50.7 Å². The zero-order chi connectivity index (χ0) is 12.8. The quantitative estimate of drug-likeness (QED) is 0.871. The molecule has 0 aromatic carbocycles. The van der Waals surface area contributed by atoms with Gasteiger partial charge in [0.05, 0.1) is 11.6 Å². The molecule has 1 aromatic heterocycles. The molecule has 1 aliphatic rings. The zero-order valence-electron chi connectivity index (χ0n) is 11.4. The molecule has 1 N–H and O–H groups in total. The third-order valence-electron chi connectivity index (χ3n) is 3.95. The highest BCUT2D eigenvalue weighted by molar-refractivity contribution is 5.16. The molecule has 1 unspecified atom stereocenters. The Kier molecular flexibility index (Phi) is 4.66. The lowest BCUT2D eigenvalue weighted by Gasteiger charge is -2.42. The summed E-state index contributed by atoms with van der Waals surface area (Å²) in [7, 11) is 1.83. The van der Waals surface area contributed by atoms with E-state index in [0.717, 1.165) is 24.9 Å². The van der Waals surface area contributed by atoms with E-state index in [-0.39, 0.29) is 11.6 Å². The molecule has 18 heavy (non-hydrogen) atoms. The zero-order valence-corrected chi connectivity index (χ0v) is 11.4. The first kappa shape index (κ1) is 13.4. The predicted molar refractivity (Wildman–Crippen MR) is 71.3 cm³/mol. The van der Waals surface area contributed by atoms with Gasteiger partial charge in [0.25, 0.3) is 0 Å². The molecule has 2 rings (SSSR count). The molecule has 0 radical (unpaired) electrons. The fraction of sp³-hybridized carbons (Fsp3) is 0.714. The van der Waals surface area contributed by atoms with Gasteiger partial charge in [-0.25, -0.2) is 9.97 Å². The molecule has 4 nitrogen and oxygen atoms in total. The summed E-state index contributed by atoms with van der Waals surface area (Å²) in [5.41, 5.74) is 1.03. The number of nitrogens with zero attached hydrogens (tertiary/aromatic N) is 2. The summed E-state index contributed by atoms with van der Waals surface area (Å²) in [6.45, 7) is 3.05. The van der Waals surface area contributed by atoms with Crippen LogP contribution in [0.3, 0.4) is 0 Å². The molecule has 1 aromatic rings. The van der Waals surface area contributed by atoms with E-state index in [9.17, 15) is 0 Å². The Morgan fingerprint density at radius 2 is 1.94 bits per heavy atom. The second kappa shape index (κ2) is 6.25. The fourth-order valence-electron chi connectivity index (χ4n) is 3.03. The van der Waals surface area contributed by atoms with Crippen molar-refractivity contribution in [3.05, 3.63) is 24.3 Å². The lowest BCUT2D eigenvalue weighted by atomic mass is 9.77. The number of aromatic nitrogens is 2. The Hall–Kier alpha value is -1.00. The van der Waals surface area contributed by atoms with Crippen molar-refractivity contribution in [2.75, 3.05) is 13.7 Å². The SMILES string of the molecule is CCNC(c1cncnc1)C1(OC)CCCCC1. The molecule has 1 aliphatic carbocycles. The first-order chi connectivity index (χ1) is 8.82. The number of rotatable bonds is 5. The lowest BCUT2D eigenvalue weighted by Crippen LogP contribution is -2.47. The van der Waals surface area contributed by atoms with Gasteiger partial charge in [-0.05, 0) is 19.4 Å². The molecule has 0 amide bonds. The maximum Gasteiger partial charge on any atom is 0.115 e. The summed E-state index contributed by atoms with van der Waals surface area (Å²) < 4.78 is 5.93. The second-order valence-corrected chi connectivity index (χ2v) is 4.99. The molecule has 4 heteroatoms. The summed E-state index contributed by atoms with van der Waals surface area (Å²) in [4.78, 5) is 8.28. The number of hydrogen-bond donors (Lipinski definition) is 1. The molecule has 0 aliphatic heterocycles. The van der Waals surface area contributed by atoms with Crippen LogP contribution in [0.25, 0.3) is 0 Å². The fourth-order valence-corrected chi connectivity index (χ4v) is 3.03. The van der Waals surface area contributed by atoms with Gasteiger partial charge >= 0.3 is 0 Å². The molecule has 0 spiro atoms. The van der Waals surface area contributed by atoms with E-state index in [1.807, 2.05) is 19.5 Å². The summed E-state index contributed by atoms with van der Waals surface area (Å²) in [5.74, 6) is 0. The number of likely N-dealkylation sites (N-methyl/N-ethyl adjacent to an activating group) is 1. The van der Waals surface area contributed by atoms with E-state index in [0.29, 0.717) is 0 Å². The molecule has 1 saturated carbocycles. The van der Waals surface area contributed by atoms with Crippen LogP contribution in [0.5, 0.6) is 0 Å². The topological polar surface area (TPSA) is 47.0 Å². The van der Waals surface area contributed by atoms with Crippen molar-refractivity contribution in [2.24, 2.45) is 0 Å². The minimum Gasteiger partial charge on any atom is -0.376 e. The second-order valence-electron chi connectivity index (χ2n) is 4.99. The Balaban J connectivity index is 2.27. The van der Waals surface area contributed by atoms with Gasteiger partial charge in [-0.2, -0.15) is 0 Å². The van der Waals surface area contributed by atoms with Crippen LogP contribution >= 0.6 is 0 Å². The van der Waals surface area contributed by atoms with Crippen LogP contribution in [0.2, 0.25) is 0 Å². The van der Waals surface area contributed by atoms with Crippen LogP contribution in [0, 0.1) is 0 Å².